The van der Waals surface area contributed by atoms with Crippen LogP contribution in [0.4, 0.5) is 0 Å². The maximum atomic E-state index is 12.2. The molecule has 2 aliphatic heterocycles. The summed E-state index contributed by atoms with van der Waals surface area (Å²) in [6.07, 6.45) is 2.72. The van der Waals surface area contributed by atoms with Gasteiger partial charge in [-0.05, 0) is 45.2 Å². The van der Waals surface area contributed by atoms with Crippen molar-refractivity contribution in [3.05, 3.63) is 0 Å². The topological polar surface area (TPSA) is 58.6 Å². The predicted octanol–water partition coefficient (Wildman–Crippen LogP) is 0.815. The van der Waals surface area contributed by atoms with Gasteiger partial charge < -0.3 is 9.64 Å². The Balaban J connectivity index is 1.84. The summed E-state index contributed by atoms with van der Waals surface area (Å²) >= 11 is 0. The number of nitrogens with one attached hydrogen (secondary N) is 1. The molecule has 112 valence electrons. The molecule has 0 aromatic rings. The molecule has 0 bridgehead atoms. The minimum atomic E-state index is -3.23. The number of rotatable bonds is 5. The van der Waals surface area contributed by atoms with Gasteiger partial charge >= 0.3 is 0 Å². The highest BCUT2D eigenvalue weighted by atomic mass is 32.2. The van der Waals surface area contributed by atoms with Crippen molar-refractivity contribution in [1.29, 1.82) is 0 Å². The van der Waals surface area contributed by atoms with Crippen molar-refractivity contribution in [2.45, 2.75) is 44.5 Å². The van der Waals surface area contributed by atoms with E-state index in [9.17, 15) is 8.42 Å². The predicted molar refractivity (Wildman–Crippen MR) is 75.6 cm³/mol. The van der Waals surface area contributed by atoms with Crippen molar-refractivity contribution in [3.63, 3.8) is 0 Å². The monoisotopic (exact) mass is 290 g/mol. The lowest BCUT2D eigenvalue weighted by molar-refractivity contribution is 0.126. The van der Waals surface area contributed by atoms with Crippen LogP contribution < -0.4 is 4.72 Å². The Labute approximate surface area is 116 Å². The summed E-state index contributed by atoms with van der Waals surface area (Å²) in [4.78, 5) is 2.39. The van der Waals surface area contributed by atoms with Crippen molar-refractivity contribution in [2.24, 2.45) is 5.92 Å². The normalized spacial score (nSPS) is 33.7. The van der Waals surface area contributed by atoms with Crippen LogP contribution in [0.25, 0.3) is 0 Å². The summed E-state index contributed by atoms with van der Waals surface area (Å²) in [5, 5.41) is -0.377. The highest BCUT2D eigenvalue weighted by Gasteiger charge is 2.36. The van der Waals surface area contributed by atoms with E-state index in [1.807, 2.05) is 6.92 Å². The number of hydrogen-bond acceptors (Lipinski definition) is 4. The molecular formula is C13H26N2O3S. The molecule has 0 aromatic heterocycles. The quantitative estimate of drug-likeness (QED) is 0.814. The van der Waals surface area contributed by atoms with Crippen LogP contribution in [0.2, 0.25) is 0 Å². The second kappa shape index (κ2) is 6.52. The third-order valence-electron chi connectivity index (χ3n) is 4.33. The summed E-state index contributed by atoms with van der Waals surface area (Å²) in [6, 6.07) is 0. The average Bonchev–Trinajstić information content (AvgIpc) is 2.84. The minimum Gasteiger partial charge on any atom is -0.377 e. The molecular weight excluding hydrogens is 264 g/mol. The molecule has 2 rings (SSSR count). The first-order chi connectivity index (χ1) is 9.03. The van der Waals surface area contributed by atoms with E-state index in [2.05, 4.69) is 16.5 Å². The Morgan fingerprint density at radius 3 is 2.79 bits per heavy atom. The van der Waals surface area contributed by atoms with Crippen LogP contribution >= 0.6 is 0 Å². The van der Waals surface area contributed by atoms with Gasteiger partial charge in [0.15, 0.2) is 0 Å². The lowest BCUT2D eigenvalue weighted by atomic mass is 9.98. The Bertz CT molecular complexity index is 385. The van der Waals surface area contributed by atoms with E-state index in [1.165, 1.54) is 6.42 Å². The van der Waals surface area contributed by atoms with E-state index in [0.29, 0.717) is 25.5 Å². The number of nitrogens with zero attached hydrogens (tertiary/aromatic N) is 1. The van der Waals surface area contributed by atoms with Gasteiger partial charge in [-0.25, -0.2) is 13.1 Å². The van der Waals surface area contributed by atoms with E-state index >= 15 is 0 Å². The fourth-order valence-electron chi connectivity index (χ4n) is 3.07. The fourth-order valence-corrected chi connectivity index (χ4v) is 4.74. The first-order valence-electron chi connectivity index (χ1n) is 7.35. The maximum absolute atomic E-state index is 12.2. The van der Waals surface area contributed by atoms with E-state index < -0.39 is 10.0 Å². The van der Waals surface area contributed by atoms with Gasteiger partial charge in [0.25, 0.3) is 0 Å². The first-order valence-corrected chi connectivity index (χ1v) is 8.90. The van der Waals surface area contributed by atoms with E-state index in [0.717, 1.165) is 26.1 Å². The summed E-state index contributed by atoms with van der Waals surface area (Å²) in [5.74, 6) is 0.445. The molecule has 2 saturated heterocycles. The van der Waals surface area contributed by atoms with Gasteiger partial charge in [-0.1, -0.05) is 6.92 Å². The molecule has 0 unspecified atom stereocenters. The average molecular weight is 290 g/mol. The minimum absolute atomic E-state index is 0.184. The largest absolute Gasteiger partial charge is 0.377 e. The van der Waals surface area contributed by atoms with Crippen molar-refractivity contribution in [3.8, 4) is 0 Å². The van der Waals surface area contributed by atoms with Crippen LogP contribution in [0.15, 0.2) is 0 Å². The molecule has 3 atom stereocenters. The second-order valence-corrected chi connectivity index (χ2v) is 7.68. The van der Waals surface area contributed by atoms with E-state index in [1.54, 1.807) is 0 Å². The van der Waals surface area contributed by atoms with Crippen LogP contribution in [0, 0.1) is 5.92 Å². The molecule has 5 nitrogen and oxygen atoms in total. The summed E-state index contributed by atoms with van der Waals surface area (Å²) < 4.78 is 32.6. The highest BCUT2D eigenvalue weighted by Crippen LogP contribution is 2.21. The standard InChI is InChI=1S/C13H26N2O3S/c1-3-15-7-4-5-12(10-15)9-14-19(16,17)13-6-8-18-11(13)2/h11-14H,3-10H2,1-2H3/t11-,12+,13-/m0/s1. The molecule has 0 amide bonds. The lowest BCUT2D eigenvalue weighted by Gasteiger charge is -2.32. The van der Waals surface area contributed by atoms with Crippen LogP contribution in [-0.4, -0.2) is 57.5 Å². The zero-order valence-corrected chi connectivity index (χ0v) is 12.8. The zero-order chi connectivity index (χ0) is 13.9. The van der Waals surface area contributed by atoms with Crippen molar-refractivity contribution in [2.75, 3.05) is 32.8 Å². The Hall–Kier alpha value is -0.170. The smallest absolute Gasteiger partial charge is 0.217 e. The lowest BCUT2D eigenvalue weighted by Crippen LogP contribution is -2.44. The van der Waals surface area contributed by atoms with E-state index in [4.69, 9.17) is 4.74 Å². The van der Waals surface area contributed by atoms with Crippen molar-refractivity contribution in [1.82, 2.24) is 9.62 Å². The van der Waals surface area contributed by atoms with Crippen molar-refractivity contribution >= 4 is 10.0 Å². The molecule has 0 aromatic carbocycles. The van der Waals surface area contributed by atoms with Gasteiger partial charge in [-0.2, -0.15) is 0 Å². The summed E-state index contributed by atoms with van der Waals surface area (Å²) in [6.45, 7) is 8.34. The Morgan fingerprint density at radius 1 is 1.37 bits per heavy atom. The molecule has 0 radical (unpaired) electrons. The third-order valence-corrected chi connectivity index (χ3v) is 6.31. The van der Waals surface area contributed by atoms with Crippen LogP contribution in [-0.2, 0) is 14.8 Å². The molecule has 1 N–H and O–H groups in total. The van der Waals surface area contributed by atoms with Gasteiger partial charge in [-0.15, -0.1) is 0 Å². The second-order valence-electron chi connectivity index (χ2n) is 5.70. The van der Waals surface area contributed by atoms with Crippen LogP contribution in [0.3, 0.4) is 0 Å². The molecule has 6 heteroatoms. The number of sulfonamides is 1. The summed E-state index contributed by atoms with van der Waals surface area (Å²) in [5.41, 5.74) is 0. The maximum Gasteiger partial charge on any atom is 0.217 e. The SMILES string of the molecule is CCN1CCC[C@H](CNS(=O)(=O)[C@H]2CCO[C@H]2C)C1. The summed E-state index contributed by atoms with van der Waals surface area (Å²) in [7, 11) is -3.23. The number of hydrogen-bond donors (Lipinski definition) is 1. The number of piperidine rings is 1. The van der Waals surface area contributed by atoms with Crippen LogP contribution in [0.1, 0.15) is 33.1 Å². The van der Waals surface area contributed by atoms with Gasteiger partial charge in [-0.3, -0.25) is 0 Å². The van der Waals surface area contributed by atoms with Gasteiger partial charge in [0, 0.05) is 19.7 Å². The molecule has 2 fully saturated rings. The molecule has 0 saturated carbocycles. The third kappa shape index (κ3) is 3.90. The van der Waals surface area contributed by atoms with Gasteiger partial charge in [0.2, 0.25) is 10.0 Å². The van der Waals surface area contributed by atoms with Gasteiger partial charge in [0.05, 0.1) is 6.10 Å². The van der Waals surface area contributed by atoms with Gasteiger partial charge in [0.1, 0.15) is 5.25 Å². The Kier molecular flexibility index (Phi) is 5.22. The molecule has 2 heterocycles. The number of likely N-dealkylation sites (tertiary alicyclic amines) is 1. The van der Waals surface area contributed by atoms with Crippen LogP contribution in [0.5, 0.6) is 0 Å². The fraction of sp³-hybridized carbons (Fsp3) is 1.00. The Morgan fingerprint density at radius 2 is 2.16 bits per heavy atom. The number of ether oxygens (including phenoxy) is 1. The highest BCUT2D eigenvalue weighted by molar-refractivity contribution is 7.90. The molecule has 2 aliphatic rings. The first kappa shape index (κ1) is 15.2. The molecule has 0 aliphatic carbocycles. The molecule has 0 spiro atoms. The molecule has 19 heavy (non-hydrogen) atoms. The zero-order valence-electron chi connectivity index (χ0n) is 12.0. The van der Waals surface area contributed by atoms with Crippen molar-refractivity contribution < 1.29 is 13.2 Å². The van der Waals surface area contributed by atoms with E-state index in [-0.39, 0.29) is 11.4 Å².